The Bertz CT molecular complexity index is 863. The van der Waals surface area contributed by atoms with E-state index < -0.39 is 6.35 Å². The SMILES string of the molecule is CC1=C(c2ccc(Oc3ncccc3O)cc2C)N(C)C(O)NC1=O. The van der Waals surface area contributed by atoms with Crippen molar-refractivity contribution >= 4 is 11.6 Å². The lowest BCUT2D eigenvalue weighted by atomic mass is 9.99. The number of ether oxygens (including phenoxy) is 1. The van der Waals surface area contributed by atoms with Crippen molar-refractivity contribution in [2.24, 2.45) is 0 Å². The molecular formula is C18H19N3O4. The van der Waals surface area contributed by atoms with E-state index in [0.29, 0.717) is 17.0 Å². The van der Waals surface area contributed by atoms with Crippen molar-refractivity contribution in [1.29, 1.82) is 0 Å². The fraction of sp³-hybridized carbons (Fsp3) is 0.222. The van der Waals surface area contributed by atoms with Crippen LogP contribution in [-0.4, -0.2) is 39.4 Å². The molecule has 1 atom stereocenters. The van der Waals surface area contributed by atoms with Crippen molar-refractivity contribution < 1.29 is 19.7 Å². The molecule has 7 nitrogen and oxygen atoms in total. The zero-order valence-corrected chi connectivity index (χ0v) is 14.1. The van der Waals surface area contributed by atoms with Crippen LogP contribution < -0.4 is 10.1 Å². The average Bonchev–Trinajstić information content (AvgIpc) is 2.57. The summed E-state index contributed by atoms with van der Waals surface area (Å²) in [7, 11) is 1.71. The van der Waals surface area contributed by atoms with Crippen LogP contribution in [0, 0.1) is 6.92 Å². The van der Waals surface area contributed by atoms with Gasteiger partial charge in [0.1, 0.15) is 5.75 Å². The number of carbonyl (C=O) groups is 1. The summed E-state index contributed by atoms with van der Waals surface area (Å²) >= 11 is 0. The molecule has 1 aromatic carbocycles. The molecule has 3 N–H and O–H groups in total. The molecule has 3 rings (SSSR count). The number of amides is 1. The Morgan fingerprint density at radius 2 is 2.04 bits per heavy atom. The number of aromatic hydroxyl groups is 1. The smallest absolute Gasteiger partial charge is 0.262 e. The van der Waals surface area contributed by atoms with Gasteiger partial charge in [0.05, 0.1) is 5.70 Å². The van der Waals surface area contributed by atoms with E-state index in [0.717, 1.165) is 11.1 Å². The van der Waals surface area contributed by atoms with Crippen LogP contribution in [0.1, 0.15) is 18.1 Å². The van der Waals surface area contributed by atoms with Crippen molar-refractivity contribution in [1.82, 2.24) is 15.2 Å². The van der Waals surface area contributed by atoms with E-state index >= 15 is 0 Å². The lowest BCUT2D eigenvalue weighted by molar-refractivity contribution is -0.124. The summed E-state index contributed by atoms with van der Waals surface area (Å²) < 4.78 is 5.61. The van der Waals surface area contributed by atoms with Gasteiger partial charge in [0, 0.05) is 24.4 Å². The number of nitrogens with one attached hydrogen (secondary N) is 1. The number of hydrogen-bond acceptors (Lipinski definition) is 6. The topological polar surface area (TPSA) is 94.9 Å². The largest absolute Gasteiger partial charge is 0.503 e. The quantitative estimate of drug-likeness (QED) is 0.790. The highest BCUT2D eigenvalue weighted by Crippen LogP contribution is 2.33. The van der Waals surface area contributed by atoms with Gasteiger partial charge in [0.25, 0.3) is 11.8 Å². The number of nitrogens with zero attached hydrogens (tertiary/aromatic N) is 2. The van der Waals surface area contributed by atoms with Gasteiger partial charge in [-0.3, -0.25) is 4.79 Å². The normalized spacial score (nSPS) is 17.5. The van der Waals surface area contributed by atoms with Crippen molar-refractivity contribution in [2.75, 3.05) is 7.05 Å². The molecule has 0 aliphatic carbocycles. The zero-order chi connectivity index (χ0) is 18.1. The Morgan fingerprint density at radius 3 is 2.72 bits per heavy atom. The van der Waals surface area contributed by atoms with Gasteiger partial charge in [-0.05, 0) is 49.7 Å². The molecule has 1 aromatic heterocycles. The molecular weight excluding hydrogens is 322 g/mol. The molecule has 130 valence electrons. The van der Waals surface area contributed by atoms with E-state index in [-0.39, 0.29) is 17.5 Å². The van der Waals surface area contributed by atoms with Gasteiger partial charge in [-0.2, -0.15) is 0 Å². The highest BCUT2D eigenvalue weighted by Gasteiger charge is 2.28. The molecule has 0 saturated carbocycles. The van der Waals surface area contributed by atoms with Crippen molar-refractivity contribution in [2.45, 2.75) is 20.2 Å². The lowest BCUT2D eigenvalue weighted by Crippen LogP contribution is -2.50. The van der Waals surface area contributed by atoms with Crippen LogP contribution in [0.2, 0.25) is 0 Å². The molecule has 1 aliphatic heterocycles. The third-order valence-electron chi connectivity index (χ3n) is 4.09. The van der Waals surface area contributed by atoms with Crippen LogP contribution in [0.5, 0.6) is 17.4 Å². The minimum atomic E-state index is -1.08. The van der Waals surface area contributed by atoms with E-state index in [2.05, 4.69) is 10.3 Å². The van der Waals surface area contributed by atoms with Crippen molar-refractivity contribution in [3.8, 4) is 17.4 Å². The predicted molar refractivity (Wildman–Crippen MR) is 91.7 cm³/mol. The predicted octanol–water partition coefficient (Wildman–Crippen LogP) is 1.96. The zero-order valence-electron chi connectivity index (χ0n) is 14.1. The summed E-state index contributed by atoms with van der Waals surface area (Å²) in [6.07, 6.45) is 0.452. The van der Waals surface area contributed by atoms with Crippen LogP contribution in [-0.2, 0) is 4.79 Å². The molecule has 0 saturated heterocycles. The van der Waals surface area contributed by atoms with Gasteiger partial charge in [-0.25, -0.2) is 4.98 Å². The maximum Gasteiger partial charge on any atom is 0.262 e. The highest BCUT2D eigenvalue weighted by molar-refractivity contribution is 6.02. The molecule has 0 fully saturated rings. The number of carbonyl (C=O) groups excluding carboxylic acids is 1. The third-order valence-corrected chi connectivity index (χ3v) is 4.09. The minimum absolute atomic E-state index is 0.0467. The highest BCUT2D eigenvalue weighted by atomic mass is 16.5. The van der Waals surface area contributed by atoms with Crippen LogP contribution >= 0.6 is 0 Å². The minimum Gasteiger partial charge on any atom is -0.503 e. The Morgan fingerprint density at radius 1 is 1.28 bits per heavy atom. The fourth-order valence-corrected chi connectivity index (χ4v) is 2.75. The Labute approximate surface area is 145 Å². The standard InChI is InChI=1S/C18H19N3O4/c1-10-9-12(25-17-14(22)5-4-8-19-17)6-7-13(10)15-11(2)16(23)20-18(24)21(15)3/h4-9,18,22,24H,1-3H3,(H,20,23). The van der Waals surface area contributed by atoms with Crippen molar-refractivity contribution in [3.05, 3.63) is 53.2 Å². The molecule has 1 unspecified atom stereocenters. The second-order valence-electron chi connectivity index (χ2n) is 5.84. The second kappa shape index (κ2) is 6.45. The number of aliphatic hydroxyl groups excluding tert-OH is 1. The summed E-state index contributed by atoms with van der Waals surface area (Å²) in [6, 6.07) is 8.43. The number of aryl methyl sites for hydroxylation is 1. The van der Waals surface area contributed by atoms with E-state index in [4.69, 9.17) is 4.74 Å². The van der Waals surface area contributed by atoms with Crippen LogP contribution in [0.3, 0.4) is 0 Å². The first-order valence-corrected chi connectivity index (χ1v) is 7.74. The Hall–Kier alpha value is -3.06. The molecule has 0 bridgehead atoms. The number of benzene rings is 1. The van der Waals surface area contributed by atoms with E-state index in [1.165, 1.54) is 12.3 Å². The van der Waals surface area contributed by atoms with Gasteiger partial charge in [-0.15, -0.1) is 0 Å². The molecule has 25 heavy (non-hydrogen) atoms. The second-order valence-corrected chi connectivity index (χ2v) is 5.84. The van der Waals surface area contributed by atoms with Crippen molar-refractivity contribution in [3.63, 3.8) is 0 Å². The Kier molecular flexibility index (Phi) is 4.33. The summed E-state index contributed by atoms with van der Waals surface area (Å²) in [5, 5.41) is 22.2. The van der Waals surface area contributed by atoms with E-state index in [9.17, 15) is 15.0 Å². The molecule has 0 spiro atoms. The van der Waals surface area contributed by atoms with Gasteiger partial charge >= 0.3 is 0 Å². The molecule has 7 heteroatoms. The van der Waals surface area contributed by atoms with Crippen LogP contribution in [0.25, 0.3) is 5.70 Å². The first-order chi connectivity index (χ1) is 11.9. The molecule has 1 aliphatic rings. The number of pyridine rings is 1. The van der Waals surface area contributed by atoms with Gasteiger partial charge in [-0.1, -0.05) is 0 Å². The summed E-state index contributed by atoms with van der Waals surface area (Å²) in [6.45, 7) is 3.59. The van der Waals surface area contributed by atoms with Gasteiger partial charge < -0.3 is 25.2 Å². The van der Waals surface area contributed by atoms with Crippen LogP contribution in [0.4, 0.5) is 0 Å². The van der Waals surface area contributed by atoms with Gasteiger partial charge in [0.15, 0.2) is 5.75 Å². The number of aromatic nitrogens is 1. The first kappa shape index (κ1) is 16.8. The molecule has 0 radical (unpaired) electrons. The molecule has 2 heterocycles. The number of hydrogen-bond donors (Lipinski definition) is 3. The monoisotopic (exact) mass is 341 g/mol. The maximum atomic E-state index is 12.0. The fourth-order valence-electron chi connectivity index (χ4n) is 2.75. The Balaban J connectivity index is 1.96. The van der Waals surface area contributed by atoms with E-state index in [1.54, 1.807) is 37.1 Å². The third kappa shape index (κ3) is 3.14. The summed E-state index contributed by atoms with van der Waals surface area (Å²) in [4.78, 5) is 17.6. The maximum absolute atomic E-state index is 12.0. The average molecular weight is 341 g/mol. The lowest BCUT2D eigenvalue weighted by Gasteiger charge is -2.34. The van der Waals surface area contributed by atoms with Gasteiger partial charge in [0.2, 0.25) is 6.35 Å². The summed E-state index contributed by atoms with van der Waals surface area (Å²) in [5.41, 5.74) is 2.84. The van der Waals surface area contributed by atoms with Crippen LogP contribution in [0.15, 0.2) is 42.1 Å². The number of rotatable bonds is 3. The van der Waals surface area contributed by atoms with E-state index in [1.807, 2.05) is 13.0 Å². The molecule has 1 amide bonds. The number of aliphatic hydroxyl groups is 1. The first-order valence-electron chi connectivity index (χ1n) is 7.74. The summed E-state index contributed by atoms with van der Waals surface area (Å²) in [5.74, 6) is 0.278. The molecule has 2 aromatic rings.